The molecule has 0 spiro atoms. The Bertz CT molecular complexity index is 1100. The van der Waals surface area contributed by atoms with Gasteiger partial charge >= 0.3 is 5.76 Å². The maximum absolute atomic E-state index is 12.8. The van der Waals surface area contributed by atoms with Gasteiger partial charge in [0.15, 0.2) is 17.1 Å². The number of H-pyrrole nitrogens is 1. The molecule has 1 N–H and O–H groups in total. The lowest BCUT2D eigenvalue weighted by molar-refractivity contribution is 0.354. The van der Waals surface area contributed by atoms with Gasteiger partial charge in [-0.2, -0.15) is 4.31 Å². The van der Waals surface area contributed by atoms with Crippen molar-refractivity contribution in [1.82, 2.24) is 9.29 Å². The molecule has 2 aromatic carbocycles. The molecule has 0 aliphatic rings. The second-order valence-electron chi connectivity index (χ2n) is 5.62. The summed E-state index contributed by atoms with van der Waals surface area (Å²) in [5, 5.41) is 0. The number of rotatable bonds is 6. The second kappa shape index (κ2) is 6.85. The van der Waals surface area contributed by atoms with E-state index in [0.717, 1.165) is 5.56 Å². The number of oxazole rings is 1. The Morgan fingerprint density at radius 2 is 1.81 bits per heavy atom. The standard InChI is InChI=1S/C17H18N2O6S/c1-19(10-11-4-7-14(23-2)16(8-11)24-3)26(21,22)12-5-6-13-15(9-12)25-17(20)18-13/h4-9H,10H2,1-3H3,(H,18,20). The molecule has 0 saturated heterocycles. The average molecular weight is 378 g/mol. The second-order valence-corrected chi connectivity index (χ2v) is 7.67. The first-order valence-electron chi connectivity index (χ1n) is 7.65. The van der Waals surface area contributed by atoms with E-state index in [0.29, 0.717) is 17.0 Å². The lowest BCUT2D eigenvalue weighted by atomic mass is 10.2. The fourth-order valence-electron chi connectivity index (χ4n) is 2.59. The van der Waals surface area contributed by atoms with Crippen LogP contribution in [0.4, 0.5) is 0 Å². The molecule has 0 radical (unpaired) electrons. The number of aromatic nitrogens is 1. The zero-order valence-electron chi connectivity index (χ0n) is 14.5. The number of methoxy groups -OCH3 is 2. The molecule has 0 fully saturated rings. The fraction of sp³-hybridized carbons (Fsp3) is 0.235. The number of benzene rings is 2. The van der Waals surface area contributed by atoms with Gasteiger partial charge in [0.25, 0.3) is 0 Å². The topological polar surface area (TPSA) is 102 Å². The van der Waals surface area contributed by atoms with Gasteiger partial charge in [0.2, 0.25) is 10.0 Å². The first-order chi connectivity index (χ1) is 12.3. The van der Waals surface area contributed by atoms with Crippen LogP contribution >= 0.6 is 0 Å². The molecule has 0 atom stereocenters. The molecule has 0 aliphatic carbocycles. The SMILES string of the molecule is COc1ccc(CN(C)S(=O)(=O)c2ccc3[nH]c(=O)oc3c2)cc1OC. The quantitative estimate of drug-likeness (QED) is 0.703. The molecule has 138 valence electrons. The Morgan fingerprint density at radius 3 is 2.50 bits per heavy atom. The molecule has 0 saturated carbocycles. The van der Waals surface area contributed by atoms with Crippen molar-refractivity contribution in [1.29, 1.82) is 0 Å². The smallest absolute Gasteiger partial charge is 0.417 e. The van der Waals surface area contributed by atoms with E-state index in [1.165, 1.54) is 43.8 Å². The molecular formula is C17H18N2O6S. The van der Waals surface area contributed by atoms with Crippen molar-refractivity contribution in [3.8, 4) is 11.5 Å². The Morgan fingerprint density at radius 1 is 1.08 bits per heavy atom. The number of nitrogens with one attached hydrogen (secondary N) is 1. The number of hydrogen-bond acceptors (Lipinski definition) is 6. The zero-order chi connectivity index (χ0) is 18.9. The Kier molecular flexibility index (Phi) is 4.75. The highest BCUT2D eigenvalue weighted by Gasteiger charge is 2.22. The normalized spacial score (nSPS) is 11.8. The van der Waals surface area contributed by atoms with Crippen LogP contribution in [0.5, 0.6) is 11.5 Å². The lowest BCUT2D eigenvalue weighted by Crippen LogP contribution is -2.26. The fourth-order valence-corrected chi connectivity index (χ4v) is 3.76. The highest BCUT2D eigenvalue weighted by Crippen LogP contribution is 2.29. The molecule has 1 aromatic heterocycles. The first-order valence-corrected chi connectivity index (χ1v) is 9.09. The predicted octanol–water partition coefficient (Wildman–Crippen LogP) is 1.96. The third kappa shape index (κ3) is 3.31. The Hall–Kier alpha value is -2.78. The number of aromatic amines is 1. The van der Waals surface area contributed by atoms with Gasteiger partial charge in [0.1, 0.15) is 0 Å². The van der Waals surface area contributed by atoms with E-state index in [2.05, 4.69) is 4.98 Å². The first kappa shape index (κ1) is 18.0. The monoisotopic (exact) mass is 378 g/mol. The van der Waals surface area contributed by atoms with Crippen molar-refractivity contribution in [3.05, 3.63) is 52.5 Å². The van der Waals surface area contributed by atoms with Crippen LogP contribution < -0.4 is 15.2 Å². The Balaban J connectivity index is 1.89. The number of nitrogens with zero attached hydrogens (tertiary/aromatic N) is 1. The number of ether oxygens (including phenoxy) is 2. The summed E-state index contributed by atoms with van der Waals surface area (Å²) in [6.07, 6.45) is 0. The third-order valence-corrected chi connectivity index (χ3v) is 5.75. The predicted molar refractivity (Wildman–Crippen MR) is 95.0 cm³/mol. The average Bonchev–Trinajstić information content (AvgIpc) is 3.00. The van der Waals surface area contributed by atoms with Gasteiger partial charge in [-0.05, 0) is 29.8 Å². The minimum absolute atomic E-state index is 0.0377. The van der Waals surface area contributed by atoms with Crippen molar-refractivity contribution in [2.24, 2.45) is 0 Å². The van der Waals surface area contributed by atoms with Gasteiger partial charge in [0, 0.05) is 19.7 Å². The van der Waals surface area contributed by atoms with E-state index in [-0.39, 0.29) is 17.0 Å². The van der Waals surface area contributed by atoms with Crippen molar-refractivity contribution in [2.75, 3.05) is 21.3 Å². The van der Waals surface area contributed by atoms with Gasteiger partial charge in [-0.15, -0.1) is 0 Å². The van der Waals surface area contributed by atoms with Crippen molar-refractivity contribution in [2.45, 2.75) is 11.4 Å². The van der Waals surface area contributed by atoms with E-state index in [1.807, 2.05) is 0 Å². The molecule has 3 rings (SSSR count). The van der Waals surface area contributed by atoms with Crippen LogP contribution in [0.3, 0.4) is 0 Å². The summed E-state index contributed by atoms with van der Waals surface area (Å²) in [6.45, 7) is 0.137. The van der Waals surface area contributed by atoms with Gasteiger partial charge in [-0.25, -0.2) is 13.2 Å². The van der Waals surface area contributed by atoms with Gasteiger partial charge < -0.3 is 13.9 Å². The largest absolute Gasteiger partial charge is 0.493 e. The van der Waals surface area contributed by atoms with Crippen LogP contribution in [0.1, 0.15) is 5.56 Å². The van der Waals surface area contributed by atoms with Gasteiger partial charge in [0.05, 0.1) is 24.6 Å². The summed E-state index contributed by atoms with van der Waals surface area (Å²) in [5.74, 6) is 0.453. The number of hydrogen-bond donors (Lipinski definition) is 1. The highest BCUT2D eigenvalue weighted by molar-refractivity contribution is 7.89. The third-order valence-electron chi connectivity index (χ3n) is 3.95. The van der Waals surface area contributed by atoms with Gasteiger partial charge in [-0.3, -0.25) is 4.98 Å². The minimum atomic E-state index is -3.77. The number of fused-ring (bicyclic) bond motifs is 1. The van der Waals surface area contributed by atoms with E-state index in [4.69, 9.17) is 13.9 Å². The molecular weight excluding hydrogens is 360 g/mol. The van der Waals surface area contributed by atoms with Crippen LogP contribution in [-0.4, -0.2) is 39.0 Å². The zero-order valence-corrected chi connectivity index (χ0v) is 15.3. The van der Waals surface area contributed by atoms with Gasteiger partial charge in [-0.1, -0.05) is 6.07 Å². The molecule has 8 nitrogen and oxygen atoms in total. The van der Waals surface area contributed by atoms with Crippen LogP contribution in [0.25, 0.3) is 11.1 Å². The van der Waals surface area contributed by atoms with Crippen LogP contribution in [0, 0.1) is 0 Å². The Labute approximate surface area is 150 Å². The summed E-state index contributed by atoms with van der Waals surface area (Å²) in [5.41, 5.74) is 1.37. The molecule has 26 heavy (non-hydrogen) atoms. The summed E-state index contributed by atoms with van der Waals surface area (Å²) in [4.78, 5) is 13.7. The molecule has 0 unspecified atom stereocenters. The van der Waals surface area contributed by atoms with Crippen molar-refractivity contribution >= 4 is 21.1 Å². The molecule has 0 amide bonds. The van der Waals surface area contributed by atoms with E-state index in [1.54, 1.807) is 18.2 Å². The van der Waals surface area contributed by atoms with Crippen LogP contribution in [-0.2, 0) is 16.6 Å². The van der Waals surface area contributed by atoms with Crippen molar-refractivity contribution in [3.63, 3.8) is 0 Å². The summed E-state index contributed by atoms with van der Waals surface area (Å²) < 4.78 is 42.2. The maximum atomic E-state index is 12.8. The summed E-state index contributed by atoms with van der Waals surface area (Å²) >= 11 is 0. The highest BCUT2D eigenvalue weighted by atomic mass is 32.2. The molecule has 9 heteroatoms. The maximum Gasteiger partial charge on any atom is 0.417 e. The molecule has 0 aliphatic heterocycles. The van der Waals surface area contributed by atoms with E-state index in [9.17, 15) is 13.2 Å². The van der Waals surface area contributed by atoms with E-state index >= 15 is 0 Å². The molecule has 1 heterocycles. The summed E-state index contributed by atoms with van der Waals surface area (Å²) in [7, 11) is 0.754. The summed E-state index contributed by atoms with van der Waals surface area (Å²) in [6, 6.07) is 9.45. The molecule has 3 aromatic rings. The van der Waals surface area contributed by atoms with Crippen molar-refractivity contribution < 1.29 is 22.3 Å². The number of sulfonamides is 1. The van der Waals surface area contributed by atoms with Crippen LogP contribution in [0.2, 0.25) is 0 Å². The van der Waals surface area contributed by atoms with E-state index < -0.39 is 15.8 Å². The minimum Gasteiger partial charge on any atom is -0.493 e. The lowest BCUT2D eigenvalue weighted by Gasteiger charge is -2.18. The molecule has 0 bridgehead atoms. The van der Waals surface area contributed by atoms with Crippen LogP contribution in [0.15, 0.2) is 50.5 Å².